The number of nitrogens with two attached hydrogens (primary N) is 1. The van der Waals surface area contributed by atoms with Crippen LogP contribution < -0.4 is 5.73 Å². The molecule has 0 heterocycles. The number of carboxylic acids is 1. The molecule has 0 aliphatic rings. The predicted octanol–water partition coefficient (Wildman–Crippen LogP) is 9.57. The summed E-state index contributed by atoms with van der Waals surface area (Å²) in [6, 6.07) is -1.51. The van der Waals surface area contributed by atoms with Crippen LogP contribution in [0.15, 0.2) is 0 Å². The van der Waals surface area contributed by atoms with Crippen molar-refractivity contribution in [3.05, 3.63) is 0 Å². The van der Waals surface area contributed by atoms with E-state index in [1.807, 2.05) is 0 Å². The molecule has 0 amide bonds. The number of carbonyl (C=O) groups is 3. The molecule has 0 aromatic rings. The van der Waals surface area contributed by atoms with Crippen LogP contribution in [0.4, 0.5) is 0 Å². The first-order chi connectivity index (χ1) is 24.1. The molecule has 0 spiro atoms. The molecule has 0 rings (SSSR count). The third kappa shape index (κ3) is 37.6. The molecule has 0 aliphatic heterocycles. The Morgan fingerprint density at radius 1 is 0.549 bits per heavy atom. The summed E-state index contributed by atoms with van der Waals surface area (Å²) >= 11 is 0. The number of hydrogen-bond donors (Lipinski definition) is 3. The molecule has 13 heteroatoms. The minimum Gasteiger partial charge on any atom is -0.480 e. The summed E-state index contributed by atoms with van der Waals surface area (Å²) in [5.41, 5.74) is 5.32. The van der Waals surface area contributed by atoms with Crippen molar-refractivity contribution in [3.63, 3.8) is 0 Å². The van der Waals surface area contributed by atoms with Gasteiger partial charge in [-0.25, -0.2) is 4.57 Å². The molecular formula is C38H74NNaO10P. The minimum atomic E-state index is -4.70. The van der Waals surface area contributed by atoms with Gasteiger partial charge in [-0.1, -0.05) is 168 Å². The van der Waals surface area contributed by atoms with Gasteiger partial charge in [-0.05, 0) is 12.8 Å². The Bertz CT molecular complexity index is 882. The number of phosphoric acid groups is 1. The second kappa shape index (κ2) is 37.8. The molecule has 0 fully saturated rings. The van der Waals surface area contributed by atoms with E-state index in [4.69, 9.17) is 24.8 Å². The fourth-order valence-electron chi connectivity index (χ4n) is 5.65. The summed E-state index contributed by atoms with van der Waals surface area (Å²) in [5, 5.41) is 8.86. The van der Waals surface area contributed by atoms with Gasteiger partial charge >= 0.3 is 25.7 Å². The maximum Gasteiger partial charge on any atom is 0.472 e. The molecule has 0 aliphatic carbocycles. The van der Waals surface area contributed by atoms with E-state index in [0.717, 1.165) is 38.5 Å². The van der Waals surface area contributed by atoms with Gasteiger partial charge < -0.3 is 25.2 Å². The first-order valence-corrected chi connectivity index (χ1v) is 21.6. The van der Waals surface area contributed by atoms with E-state index in [1.54, 1.807) is 0 Å². The molecule has 297 valence electrons. The van der Waals surface area contributed by atoms with Crippen LogP contribution in [-0.2, 0) is 37.5 Å². The molecule has 0 aromatic heterocycles. The van der Waals surface area contributed by atoms with Crippen LogP contribution in [0.25, 0.3) is 0 Å². The average Bonchev–Trinajstić information content (AvgIpc) is 3.09. The van der Waals surface area contributed by atoms with Crippen molar-refractivity contribution in [2.75, 3.05) is 19.8 Å². The molecule has 51 heavy (non-hydrogen) atoms. The van der Waals surface area contributed by atoms with Gasteiger partial charge in [0.25, 0.3) is 0 Å². The van der Waals surface area contributed by atoms with Crippen molar-refractivity contribution in [2.45, 2.75) is 206 Å². The van der Waals surface area contributed by atoms with Crippen LogP contribution in [0.2, 0.25) is 0 Å². The van der Waals surface area contributed by atoms with Crippen LogP contribution in [0.3, 0.4) is 0 Å². The van der Waals surface area contributed by atoms with Crippen molar-refractivity contribution in [1.29, 1.82) is 0 Å². The second-order valence-electron chi connectivity index (χ2n) is 13.8. The summed E-state index contributed by atoms with van der Waals surface area (Å²) in [4.78, 5) is 45.8. The molecule has 0 saturated carbocycles. The molecule has 0 bridgehead atoms. The second-order valence-corrected chi connectivity index (χ2v) is 15.2. The number of aliphatic carboxylic acids is 1. The maximum atomic E-state index is 12.6. The fraction of sp³-hybridized carbons (Fsp3) is 0.921. The molecule has 0 aromatic carbocycles. The molecule has 0 saturated heterocycles. The Balaban J connectivity index is 0. The van der Waals surface area contributed by atoms with Crippen LogP contribution in [0.5, 0.6) is 0 Å². The summed E-state index contributed by atoms with van der Waals surface area (Å²) in [5.74, 6) is -2.36. The zero-order valence-corrected chi connectivity index (χ0v) is 35.7. The summed E-state index contributed by atoms with van der Waals surface area (Å²) in [7, 11) is -4.70. The molecular weight excluding hydrogens is 684 g/mol. The smallest absolute Gasteiger partial charge is 0.472 e. The topological polar surface area (TPSA) is 172 Å². The van der Waals surface area contributed by atoms with Gasteiger partial charge in [0, 0.05) is 42.4 Å². The van der Waals surface area contributed by atoms with Crippen molar-refractivity contribution in [1.82, 2.24) is 0 Å². The van der Waals surface area contributed by atoms with E-state index in [2.05, 4.69) is 18.4 Å². The standard InChI is InChI=1S/C38H74NO10P.Na/c1-3-5-7-9-11-13-15-17-19-21-23-25-27-29-36(40)46-31-34(32-47-50(44,45)48-33-35(39)38(42)43)49-37(41)30-28-26-24-22-20-18-16-14-12-10-8-6-4-2;/h34-35H,3-33,39H2,1-2H3,(H,42,43)(H,44,45);. The van der Waals surface area contributed by atoms with E-state index in [-0.39, 0.29) is 49.0 Å². The minimum absolute atomic E-state index is 0. The van der Waals surface area contributed by atoms with Crippen LogP contribution in [0.1, 0.15) is 194 Å². The van der Waals surface area contributed by atoms with E-state index < -0.39 is 51.1 Å². The number of ether oxygens (including phenoxy) is 2. The third-order valence-corrected chi connectivity index (χ3v) is 9.81. The number of phosphoric ester groups is 1. The van der Waals surface area contributed by atoms with E-state index >= 15 is 0 Å². The maximum absolute atomic E-state index is 12.6. The summed E-state index contributed by atoms with van der Waals surface area (Å²) in [6.07, 6.45) is 30.2. The first kappa shape index (κ1) is 52.6. The van der Waals surface area contributed by atoms with Gasteiger partial charge in [-0.3, -0.25) is 23.4 Å². The molecule has 3 unspecified atom stereocenters. The summed E-state index contributed by atoms with van der Waals surface area (Å²) in [6.45, 7) is 2.81. The zero-order chi connectivity index (χ0) is 37.1. The van der Waals surface area contributed by atoms with Crippen LogP contribution in [-0.4, -0.2) is 89.4 Å². The monoisotopic (exact) mass is 758 g/mol. The number of rotatable bonds is 38. The Kier molecular flexibility index (Phi) is 39.0. The van der Waals surface area contributed by atoms with Gasteiger partial charge in [0.05, 0.1) is 13.2 Å². The predicted molar refractivity (Wildman–Crippen MR) is 205 cm³/mol. The van der Waals surface area contributed by atoms with Gasteiger partial charge in [0.2, 0.25) is 0 Å². The van der Waals surface area contributed by atoms with Crippen molar-refractivity contribution in [2.24, 2.45) is 5.73 Å². The number of unbranched alkanes of at least 4 members (excludes halogenated alkanes) is 24. The Morgan fingerprint density at radius 3 is 1.25 bits per heavy atom. The summed E-state index contributed by atoms with van der Waals surface area (Å²) < 4.78 is 32.6. The van der Waals surface area contributed by atoms with Gasteiger partial charge in [-0.2, -0.15) is 0 Å². The van der Waals surface area contributed by atoms with Crippen molar-refractivity contribution in [3.8, 4) is 0 Å². The van der Waals surface area contributed by atoms with Crippen molar-refractivity contribution < 1.29 is 47.5 Å². The van der Waals surface area contributed by atoms with Gasteiger partial charge in [0.15, 0.2) is 6.10 Å². The first-order valence-electron chi connectivity index (χ1n) is 20.1. The van der Waals surface area contributed by atoms with Crippen LogP contribution in [0, 0.1) is 0 Å². The van der Waals surface area contributed by atoms with E-state index in [9.17, 15) is 23.8 Å². The Labute approximate surface area is 332 Å². The molecule has 1 radical (unpaired) electrons. The number of hydrogen-bond acceptors (Lipinski definition) is 9. The zero-order valence-electron chi connectivity index (χ0n) is 32.8. The average molecular weight is 759 g/mol. The van der Waals surface area contributed by atoms with Crippen LogP contribution >= 0.6 is 7.82 Å². The Morgan fingerprint density at radius 2 is 0.882 bits per heavy atom. The van der Waals surface area contributed by atoms with E-state index in [0.29, 0.717) is 12.8 Å². The molecule has 11 nitrogen and oxygen atoms in total. The molecule has 3 atom stereocenters. The molecule has 4 N–H and O–H groups in total. The quantitative estimate of drug-likeness (QED) is 0.0237. The third-order valence-electron chi connectivity index (χ3n) is 8.86. The fourth-order valence-corrected chi connectivity index (χ4v) is 6.43. The van der Waals surface area contributed by atoms with Gasteiger partial charge in [0.1, 0.15) is 12.6 Å². The SMILES string of the molecule is CCCCCCCCCCCCCCCC(=O)OCC(COP(=O)(O)OCC(N)C(=O)O)OC(=O)CCCCCCCCCCCCCCC.[Na]. The van der Waals surface area contributed by atoms with Gasteiger partial charge in [-0.15, -0.1) is 0 Å². The largest absolute Gasteiger partial charge is 0.480 e. The van der Waals surface area contributed by atoms with E-state index in [1.165, 1.54) is 116 Å². The number of esters is 2. The number of carboxylic acid groups (broad SMARTS) is 1. The van der Waals surface area contributed by atoms with Crippen molar-refractivity contribution >= 4 is 55.3 Å². The number of carbonyl (C=O) groups excluding carboxylic acids is 2. The Hall–Kier alpha value is -0.520. The normalized spacial score (nSPS) is 13.6.